The molecule has 0 aromatic carbocycles. The third-order valence-electron chi connectivity index (χ3n) is 2.09. The number of nitrogens with two attached hydrogens (primary N) is 1. The molecule has 3 N–H and O–H groups in total. The molecular formula is C10H16N2O. The summed E-state index contributed by atoms with van der Waals surface area (Å²) in [7, 11) is 0. The lowest BCUT2D eigenvalue weighted by Gasteiger charge is -2.11. The minimum absolute atomic E-state index is 0.419. The number of aliphatic hydroxyl groups excluding tert-OH is 1. The highest BCUT2D eigenvalue weighted by molar-refractivity contribution is 5.20. The lowest BCUT2D eigenvalue weighted by atomic mass is 10.0. The van der Waals surface area contributed by atoms with Gasteiger partial charge in [-0.25, -0.2) is 0 Å². The number of nitrogens with zero attached hydrogens (tertiary/aromatic N) is 1. The van der Waals surface area contributed by atoms with E-state index >= 15 is 0 Å². The second-order valence-corrected chi connectivity index (χ2v) is 3.12. The second-order valence-electron chi connectivity index (χ2n) is 3.12. The lowest BCUT2D eigenvalue weighted by Crippen LogP contribution is -2.05. The third kappa shape index (κ3) is 2.79. The molecule has 0 aliphatic carbocycles. The third-order valence-corrected chi connectivity index (χ3v) is 2.09. The van der Waals surface area contributed by atoms with E-state index in [9.17, 15) is 5.11 Å². The van der Waals surface area contributed by atoms with Gasteiger partial charge in [0.2, 0.25) is 0 Å². The summed E-state index contributed by atoms with van der Waals surface area (Å²) < 4.78 is 0. The maximum absolute atomic E-state index is 9.74. The quantitative estimate of drug-likeness (QED) is 0.731. The smallest absolute Gasteiger partial charge is 0.0808 e. The molecule has 72 valence electrons. The molecule has 0 bridgehead atoms. The Bertz CT molecular complexity index is 263. The van der Waals surface area contributed by atoms with Crippen LogP contribution in [0.5, 0.6) is 0 Å². The van der Waals surface area contributed by atoms with E-state index in [1.165, 1.54) is 0 Å². The standard InChI is InChI=1S/C10H16N2O/c1-8-9(4-3-7-12-8)10(13)5-2-6-11/h3-4,7,10,13H,2,5-6,11H2,1H3. The maximum atomic E-state index is 9.74. The van der Waals surface area contributed by atoms with Crippen molar-refractivity contribution >= 4 is 0 Å². The van der Waals surface area contributed by atoms with Crippen molar-refractivity contribution in [1.29, 1.82) is 0 Å². The fourth-order valence-electron chi connectivity index (χ4n) is 1.32. The number of hydrogen-bond acceptors (Lipinski definition) is 3. The molecule has 0 aliphatic heterocycles. The monoisotopic (exact) mass is 180 g/mol. The molecule has 0 radical (unpaired) electrons. The first-order valence-corrected chi connectivity index (χ1v) is 4.55. The Morgan fingerprint density at radius 2 is 2.38 bits per heavy atom. The van der Waals surface area contributed by atoms with Gasteiger partial charge in [-0.1, -0.05) is 6.07 Å². The molecule has 1 unspecified atom stereocenters. The minimum atomic E-state index is -0.419. The zero-order valence-electron chi connectivity index (χ0n) is 7.90. The Morgan fingerprint density at radius 1 is 1.62 bits per heavy atom. The molecular weight excluding hydrogens is 164 g/mol. The van der Waals surface area contributed by atoms with Crippen LogP contribution in [0, 0.1) is 6.92 Å². The van der Waals surface area contributed by atoms with Crippen molar-refractivity contribution in [3.8, 4) is 0 Å². The first kappa shape index (κ1) is 10.2. The summed E-state index contributed by atoms with van der Waals surface area (Å²) >= 11 is 0. The fraction of sp³-hybridized carbons (Fsp3) is 0.500. The van der Waals surface area contributed by atoms with Crippen LogP contribution in [0.4, 0.5) is 0 Å². The van der Waals surface area contributed by atoms with Crippen LogP contribution in [-0.4, -0.2) is 16.6 Å². The van der Waals surface area contributed by atoms with Gasteiger partial charge in [0.05, 0.1) is 6.10 Å². The van der Waals surface area contributed by atoms with Crippen molar-refractivity contribution in [3.63, 3.8) is 0 Å². The molecule has 0 aliphatic rings. The summed E-state index contributed by atoms with van der Waals surface area (Å²) in [5.41, 5.74) is 7.17. The van der Waals surface area contributed by atoms with Crippen LogP contribution in [0.2, 0.25) is 0 Å². The number of rotatable bonds is 4. The molecule has 0 fully saturated rings. The van der Waals surface area contributed by atoms with E-state index in [0.29, 0.717) is 13.0 Å². The zero-order chi connectivity index (χ0) is 9.68. The van der Waals surface area contributed by atoms with Crippen LogP contribution < -0.4 is 5.73 Å². The second kappa shape index (κ2) is 4.94. The van der Waals surface area contributed by atoms with Crippen molar-refractivity contribution in [3.05, 3.63) is 29.6 Å². The molecule has 3 nitrogen and oxygen atoms in total. The van der Waals surface area contributed by atoms with Gasteiger partial charge < -0.3 is 10.8 Å². The van der Waals surface area contributed by atoms with E-state index < -0.39 is 6.10 Å². The Kier molecular flexibility index (Phi) is 3.86. The van der Waals surface area contributed by atoms with Crippen LogP contribution in [-0.2, 0) is 0 Å². The highest BCUT2D eigenvalue weighted by Crippen LogP contribution is 2.19. The van der Waals surface area contributed by atoms with Crippen LogP contribution in [0.25, 0.3) is 0 Å². The van der Waals surface area contributed by atoms with Crippen LogP contribution in [0.3, 0.4) is 0 Å². The van der Waals surface area contributed by atoms with E-state index in [1.807, 2.05) is 19.1 Å². The molecule has 1 aromatic heterocycles. The summed E-state index contributed by atoms with van der Waals surface area (Å²) in [6, 6.07) is 3.75. The highest BCUT2D eigenvalue weighted by Gasteiger charge is 2.09. The van der Waals surface area contributed by atoms with Gasteiger partial charge in [0, 0.05) is 17.5 Å². The van der Waals surface area contributed by atoms with Crippen molar-refractivity contribution in [2.75, 3.05) is 6.54 Å². The number of aryl methyl sites for hydroxylation is 1. The summed E-state index contributed by atoms with van der Waals surface area (Å²) in [5, 5.41) is 9.74. The molecule has 1 atom stereocenters. The van der Waals surface area contributed by atoms with Crippen molar-refractivity contribution < 1.29 is 5.11 Å². The van der Waals surface area contributed by atoms with Gasteiger partial charge in [-0.15, -0.1) is 0 Å². The van der Waals surface area contributed by atoms with Gasteiger partial charge in [0.15, 0.2) is 0 Å². The number of aromatic nitrogens is 1. The Hall–Kier alpha value is -0.930. The van der Waals surface area contributed by atoms with Crippen molar-refractivity contribution in [2.45, 2.75) is 25.9 Å². The van der Waals surface area contributed by atoms with Crippen molar-refractivity contribution in [1.82, 2.24) is 4.98 Å². The summed E-state index contributed by atoms with van der Waals surface area (Å²) in [4.78, 5) is 4.12. The maximum Gasteiger partial charge on any atom is 0.0808 e. The number of pyridine rings is 1. The van der Waals surface area contributed by atoms with Crippen LogP contribution >= 0.6 is 0 Å². The Morgan fingerprint density at radius 3 is 3.00 bits per heavy atom. The summed E-state index contributed by atoms with van der Waals surface area (Å²) in [6.45, 7) is 2.53. The van der Waals surface area contributed by atoms with Gasteiger partial charge >= 0.3 is 0 Å². The number of aliphatic hydroxyl groups is 1. The average Bonchev–Trinajstić information content (AvgIpc) is 2.15. The molecule has 0 amide bonds. The van der Waals surface area contributed by atoms with E-state index in [0.717, 1.165) is 17.7 Å². The number of hydrogen-bond donors (Lipinski definition) is 2. The summed E-state index contributed by atoms with van der Waals surface area (Å²) in [5.74, 6) is 0. The molecule has 0 spiro atoms. The summed E-state index contributed by atoms with van der Waals surface area (Å²) in [6.07, 6.45) is 2.87. The van der Waals surface area contributed by atoms with Crippen molar-refractivity contribution in [2.24, 2.45) is 5.73 Å². The molecule has 13 heavy (non-hydrogen) atoms. The first-order valence-electron chi connectivity index (χ1n) is 4.55. The topological polar surface area (TPSA) is 59.1 Å². The van der Waals surface area contributed by atoms with Gasteiger partial charge in [-0.3, -0.25) is 4.98 Å². The normalized spacial score (nSPS) is 12.8. The SMILES string of the molecule is Cc1ncccc1C(O)CCCN. The zero-order valence-corrected chi connectivity index (χ0v) is 7.90. The molecule has 1 heterocycles. The van der Waals surface area contributed by atoms with Gasteiger partial charge in [0.1, 0.15) is 0 Å². The van der Waals surface area contributed by atoms with Gasteiger partial charge in [-0.2, -0.15) is 0 Å². The van der Waals surface area contributed by atoms with E-state index in [-0.39, 0.29) is 0 Å². The lowest BCUT2D eigenvalue weighted by molar-refractivity contribution is 0.164. The average molecular weight is 180 g/mol. The van der Waals surface area contributed by atoms with E-state index in [2.05, 4.69) is 4.98 Å². The molecule has 1 rings (SSSR count). The van der Waals surface area contributed by atoms with Gasteiger partial charge in [0.25, 0.3) is 0 Å². The Balaban J connectivity index is 2.65. The van der Waals surface area contributed by atoms with E-state index in [1.54, 1.807) is 6.20 Å². The molecule has 0 saturated heterocycles. The molecule has 3 heteroatoms. The first-order chi connectivity index (χ1) is 6.25. The minimum Gasteiger partial charge on any atom is -0.388 e. The predicted molar refractivity (Wildman–Crippen MR) is 52.2 cm³/mol. The van der Waals surface area contributed by atoms with Crippen LogP contribution in [0.1, 0.15) is 30.2 Å². The van der Waals surface area contributed by atoms with Crippen LogP contribution in [0.15, 0.2) is 18.3 Å². The van der Waals surface area contributed by atoms with E-state index in [4.69, 9.17) is 5.73 Å². The van der Waals surface area contributed by atoms with Gasteiger partial charge in [-0.05, 0) is 32.4 Å². The Labute approximate surface area is 78.6 Å². The predicted octanol–water partition coefficient (Wildman–Crippen LogP) is 1.16. The fourth-order valence-corrected chi connectivity index (χ4v) is 1.32. The largest absolute Gasteiger partial charge is 0.388 e. The molecule has 0 saturated carbocycles. The highest BCUT2D eigenvalue weighted by atomic mass is 16.3. The molecule has 1 aromatic rings.